The molecule has 6 atom stereocenters. The minimum Gasteiger partial charge on any atom is -0.465 e. The van der Waals surface area contributed by atoms with Crippen molar-refractivity contribution in [2.24, 2.45) is 22.7 Å². The number of fused-ring (bicyclic) bond motifs is 1. The Hall–Kier alpha value is -3.71. The molecule has 0 radical (unpaired) electrons. The Labute approximate surface area is 273 Å². The average molecular weight is 672 g/mol. The van der Waals surface area contributed by atoms with Gasteiger partial charge in [0.1, 0.15) is 19.3 Å². The highest BCUT2D eigenvalue weighted by Crippen LogP contribution is 2.62. The Kier molecular flexibility index (Phi) is 9.65. The van der Waals surface area contributed by atoms with Gasteiger partial charge in [0, 0.05) is 36.5 Å². The predicted octanol–water partition coefficient (Wildman–Crippen LogP) is 5.48. The lowest BCUT2D eigenvalue weighted by Gasteiger charge is -2.60. The summed E-state index contributed by atoms with van der Waals surface area (Å²) < 4.78 is 44.9. The number of carbonyl (C=O) groups is 3. The summed E-state index contributed by atoms with van der Waals surface area (Å²) in [4.78, 5) is 41.0. The summed E-state index contributed by atoms with van der Waals surface area (Å²) >= 11 is 1.19. The van der Waals surface area contributed by atoms with Crippen molar-refractivity contribution in [2.45, 2.75) is 76.8 Å². The number of rotatable bonds is 11. The molecule has 248 valence electrons. The number of thiazole rings is 1. The van der Waals surface area contributed by atoms with Crippen LogP contribution in [0.25, 0.3) is 0 Å². The van der Waals surface area contributed by atoms with E-state index < -0.39 is 33.6 Å². The molecule has 0 saturated heterocycles. The van der Waals surface area contributed by atoms with Gasteiger partial charge >= 0.3 is 17.9 Å². The molecular weight excluding hydrogens is 631 g/mol. The van der Waals surface area contributed by atoms with Gasteiger partial charge in [-0.05, 0) is 79.7 Å². The van der Waals surface area contributed by atoms with E-state index in [2.05, 4.69) is 28.5 Å². The first-order chi connectivity index (χ1) is 21.7. The first kappa shape index (κ1) is 33.6. The maximum absolute atomic E-state index is 12.9. The lowest BCUT2D eigenvalue weighted by molar-refractivity contribution is -0.191. The Balaban J connectivity index is 1.42. The molecule has 0 spiro atoms. The zero-order valence-corrected chi connectivity index (χ0v) is 28.2. The summed E-state index contributed by atoms with van der Waals surface area (Å²) in [6.07, 6.45) is 6.32. The van der Waals surface area contributed by atoms with E-state index >= 15 is 0 Å². The van der Waals surface area contributed by atoms with Crippen molar-refractivity contribution in [3.05, 3.63) is 59.6 Å². The van der Waals surface area contributed by atoms with Crippen LogP contribution in [0.2, 0.25) is 0 Å². The highest BCUT2D eigenvalue weighted by atomic mass is 32.2. The van der Waals surface area contributed by atoms with Gasteiger partial charge in [-0.15, -0.1) is 11.3 Å². The second-order valence-electron chi connectivity index (χ2n) is 12.9. The van der Waals surface area contributed by atoms with Crippen LogP contribution >= 0.6 is 11.3 Å². The average Bonchev–Trinajstić information content (AvgIpc) is 3.66. The number of sulfonamides is 1. The van der Waals surface area contributed by atoms with Gasteiger partial charge in [0.2, 0.25) is 0 Å². The van der Waals surface area contributed by atoms with Crippen LogP contribution < -0.4 is 10.0 Å². The molecule has 1 aliphatic heterocycles. The first-order valence-electron chi connectivity index (χ1n) is 15.4. The summed E-state index contributed by atoms with van der Waals surface area (Å²) in [6, 6.07) is 5.90. The molecule has 3 aliphatic rings. The molecule has 0 amide bonds. The minimum absolute atomic E-state index is 0.0323. The van der Waals surface area contributed by atoms with Gasteiger partial charge < -0.3 is 19.5 Å². The van der Waals surface area contributed by atoms with E-state index in [1.54, 1.807) is 23.6 Å². The van der Waals surface area contributed by atoms with Crippen LogP contribution in [0, 0.1) is 22.7 Å². The number of ether oxygens (including phenoxy) is 3. The topological polar surface area (TPSA) is 150 Å². The third-order valence-electron chi connectivity index (χ3n) is 9.97. The van der Waals surface area contributed by atoms with Crippen LogP contribution in [0.1, 0.15) is 59.8 Å². The van der Waals surface area contributed by atoms with E-state index in [1.165, 1.54) is 43.5 Å². The standard InChI is InChI=1S/C33H41N3O8S2/c1-20-6-11-28-32(4,14-12-29(44-22(3)38)33(28,5)19-43-21(2)37)26(20)18-27(25-13-16-42-30(25)39)35-23-7-9-24(10-8-23)46(40,41)36-31-34-15-17-45-31/h7-10,13,15,17,26-29,35H,1,6,11-12,14,16,18-19H2,2-5H3,(H,34,36)/t26-,27?,28+,29-,32+,33+/m1/s1. The van der Waals surface area contributed by atoms with E-state index in [9.17, 15) is 22.8 Å². The molecule has 5 rings (SSSR count). The van der Waals surface area contributed by atoms with Crippen molar-refractivity contribution >= 4 is 50.1 Å². The maximum Gasteiger partial charge on any atom is 0.336 e. The molecular formula is C33H41N3O8S2. The second kappa shape index (κ2) is 13.2. The third-order valence-corrected chi connectivity index (χ3v) is 12.1. The molecule has 2 N–H and O–H groups in total. The number of hydrogen-bond donors (Lipinski definition) is 2. The van der Waals surface area contributed by atoms with Gasteiger partial charge in [-0.25, -0.2) is 18.2 Å². The fourth-order valence-corrected chi connectivity index (χ4v) is 9.58. The number of esters is 3. The number of nitrogens with one attached hydrogen (secondary N) is 2. The van der Waals surface area contributed by atoms with Crippen molar-refractivity contribution in [1.82, 2.24) is 4.98 Å². The molecule has 2 aliphatic carbocycles. The summed E-state index contributed by atoms with van der Waals surface area (Å²) in [7, 11) is -3.83. The molecule has 46 heavy (non-hydrogen) atoms. The summed E-state index contributed by atoms with van der Waals surface area (Å²) in [6.45, 7) is 11.8. The molecule has 2 fully saturated rings. The monoisotopic (exact) mass is 671 g/mol. The van der Waals surface area contributed by atoms with Crippen LogP contribution in [0.15, 0.2) is 64.5 Å². The maximum atomic E-state index is 12.9. The molecule has 1 aromatic heterocycles. The number of nitrogens with zero attached hydrogens (tertiary/aromatic N) is 1. The number of anilines is 2. The van der Waals surface area contributed by atoms with E-state index in [4.69, 9.17) is 14.2 Å². The highest BCUT2D eigenvalue weighted by molar-refractivity contribution is 7.93. The molecule has 2 heterocycles. The smallest absolute Gasteiger partial charge is 0.336 e. The minimum atomic E-state index is -3.83. The van der Waals surface area contributed by atoms with Crippen molar-refractivity contribution in [3.8, 4) is 0 Å². The SMILES string of the molecule is C=C1CC[C@@H]2[C@](C)(COC(C)=O)[C@H](OC(C)=O)CC[C@@]2(C)[C@@H]1CC(Nc1ccc(S(=O)(=O)Nc2nccs2)cc1)C1=CCOC1=O. The third kappa shape index (κ3) is 6.85. The zero-order chi connectivity index (χ0) is 33.3. The largest absolute Gasteiger partial charge is 0.465 e. The Morgan fingerprint density at radius 3 is 2.52 bits per heavy atom. The Morgan fingerprint density at radius 1 is 1.17 bits per heavy atom. The van der Waals surface area contributed by atoms with Crippen molar-refractivity contribution < 1.29 is 37.0 Å². The number of hydrogen-bond acceptors (Lipinski definition) is 11. The van der Waals surface area contributed by atoms with E-state index in [0.29, 0.717) is 24.1 Å². The van der Waals surface area contributed by atoms with Gasteiger partial charge in [0.25, 0.3) is 10.0 Å². The summed E-state index contributed by atoms with van der Waals surface area (Å²) in [5.74, 6) is -1.15. The molecule has 1 unspecified atom stereocenters. The van der Waals surface area contributed by atoms with Gasteiger partial charge in [-0.2, -0.15) is 0 Å². The quantitative estimate of drug-likeness (QED) is 0.179. The van der Waals surface area contributed by atoms with Crippen LogP contribution in [-0.2, 0) is 38.6 Å². The first-order valence-corrected chi connectivity index (χ1v) is 17.7. The molecule has 2 saturated carbocycles. The van der Waals surface area contributed by atoms with E-state index in [-0.39, 0.29) is 52.4 Å². The lowest BCUT2D eigenvalue weighted by atomic mass is 9.46. The predicted molar refractivity (Wildman–Crippen MR) is 173 cm³/mol. The van der Waals surface area contributed by atoms with Crippen LogP contribution in [-0.4, -0.2) is 56.7 Å². The fraction of sp³-hybridized carbons (Fsp3) is 0.515. The molecule has 13 heteroatoms. The van der Waals surface area contributed by atoms with E-state index in [1.807, 2.05) is 6.92 Å². The van der Waals surface area contributed by atoms with Crippen molar-refractivity contribution in [3.63, 3.8) is 0 Å². The van der Waals surface area contributed by atoms with Gasteiger partial charge in [0.05, 0.1) is 16.5 Å². The van der Waals surface area contributed by atoms with Gasteiger partial charge in [-0.1, -0.05) is 26.0 Å². The molecule has 1 aromatic carbocycles. The van der Waals surface area contributed by atoms with Gasteiger partial charge in [0.15, 0.2) is 5.13 Å². The number of cyclic esters (lactones) is 1. The molecule has 0 bridgehead atoms. The number of allylic oxidation sites excluding steroid dienone is 1. The van der Waals surface area contributed by atoms with Crippen LogP contribution in [0.5, 0.6) is 0 Å². The van der Waals surface area contributed by atoms with Crippen LogP contribution in [0.3, 0.4) is 0 Å². The van der Waals surface area contributed by atoms with E-state index in [0.717, 1.165) is 24.8 Å². The zero-order valence-electron chi connectivity index (χ0n) is 26.5. The molecule has 11 nitrogen and oxygen atoms in total. The summed E-state index contributed by atoms with van der Waals surface area (Å²) in [5.41, 5.74) is 1.31. The fourth-order valence-electron chi connectivity index (χ4n) is 7.79. The normalized spacial score (nSPS) is 28.3. The Bertz CT molecular complexity index is 1620. The van der Waals surface area contributed by atoms with Crippen LogP contribution in [0.4, 0.5) is 10.8 Å². The molecule has 2 aromatic rings. The Morgan fingerprint density at radius 2 is 1.91 bits per heavy atom. The van der Waals surface area contributed by atoms with Crippen molar-refractivity contribution in [2.75, 3.05) is 23.3 Å². The highest BCUT2D eigenvalue weighted by Gasteiger charge is 2.60. The lowest BCUT2D eigenvalue weighted by Crippen LogP contribution is -2.59. The van der Waals surface area contributed by atoms with Crippen molar-refractivity contribution in [1.29, 1.82) is 0 Å². The second-order valence-corrected chi connectivity index (χ2v) is 15.5. The number of aromatic nitrogens is 1. The number of benzene rings is 1. The summed E-state index contributed by atoms with van der Waals surface area (Å²) in [5, 5.41) is 5.44. The number of carbonyl (C=O) groups excluding carboxylic acids is 3. The van der Waals surface area contributed by atoms with Gasteiger partial charge in [-0.3, -0.25) is 14.3 Å².